The first-order valence-electron chi connectivity index (χ1n) is 6.20. The highest BCUT2D eigenvalue weighted by atomic mass is 16.3. The number of hydrogen-bond acceptors (Lipinski definition) is 3. The lowest BCUT2D eigenvalue weighted by atomic mass is 10.1. The Bertz CT molecular complexity index is 473. The monoisotopic (exact) mass is 263 g/mol. The molecule has 1 unspecified atom stereocenters. The molecule has 2 rings (SSSR count). The summed E-state index contributed by atoms with van der Waals surface area (Å²) in [6.07, 6.45) is 1.75. The fourth-order valence-electron chi connectivity index (χ4n) is 2.30. The van der Waals surface area contributed by atoms with Crippen LogP contribution in [0.1, 0.15) is 23.2 Å². The Balaban J connectivity index is 2.09. The van der Waals surface area contributed by atoms with Crippen molar-refractivity contribution < 1.29 is 14.7 Å². The van der Waals surface area contributed by atoms with E-state index >= 15 is 0 Å². The molecule has 1 saturated heterocycles. The molecule has 1 fully saturated rings. The molecule has 0 saturated carbocycles. The summed E-state index contributed by atoms with van der Waals surface area (Å²) in [4.78, 5) is 24.6. The first-order valence-corrected chi connectivity index (χ1v) is 6.20. The average Bonchev–Trinajstić information content (AvgIpc) is 2.86. The lowest BCUT2D eigenvalue weighted by Crippen LogP contribution is -2.37. The van der Waals surface area contributed by atoms with Crippen molar-refractivity contribution in [1.29, 1.82) is 0 Å². The van der Waals surface area contributed by atoms with Gasteiger partial charge in [0.05, 0.1) is 12.6 Å². The maximum atomic E-state index is 12.3. The number of carbonyl (C=O) groups is 2. The van der Waals surface area contributed by atoms with Crippen molar-refractivity contribution in [3.63, 3.8) is 0 Å². The third-order valence-electron chi connectivity index (χ3n) is 3.25. The van der Waals surface area contributed by atoms with Crippen LogP contribution in [0.15, 0.2) is 24.3 Å². The molecule has 6 nitrogen and oxygen atoms in total. The van der Waals surface area contributed by atoms with E-state index in [9.17, 15) is 14.7 Å². The van der Waals surface area contributed by atoms with Gasteiger partial charge in [0.1, 0.15) is 0 Å². The Labute approximate surface area is 111 Å². The van der Waals surface area contributed by atoms with Crippen LogP contribution in [0.5, 0.6) is 0 Å². The number of aliphatic hydroxyl groups excluding tert-OH is 1. The van der Waals surface area contributed by atoms with Crippen molar-refractivity contribution in [1.82, 2.24) is 4.90 Å². The van der Waals surface area contributed by atoms with Crippen molar-refractivity contribution in [3.05, 3.63) is 29.8 Å². The van der Waals surface area contributed by atoms with Crippen LogP contribution in [-0.4, -0.2) is 41.1 Å². The summed E-state index contributed by atoms with van der Waals surface area (Å²) >= 11 is 0. The number of aliphatic hydroxyl groups is 1. The van der Waals surface area contributed by atoms with E-state index in [2.05, 4.69) is 5.32 Å². The third kappa shape index (κ3) is 3.03. The van der Waals surface area contributed by atoms with Gasteiger partial charge in [-0.2, -0.15) is 0 Å². The van der Waals surface area contributed by atoms with Gasteiger partial charge in [0.15, 0.2) is 0 Å². The largest absolute Gasteiger partial charge is 0.394 e. The van der Waals surface area contributed by atoms with E-state index in [1.807, 2.05) is 0 Å². The predicted octanol–water partition coefficient (Wildman–Crippen LogP) is 0.774. The Morgan fingerprint density at radius 1 is 1.37 bits per heavy atom. The normalized spacial score (nSPS) is 18.4. The summed E-state index contributed by atoms with van der Waals surface area (Å²) in [6.45, 7) is 0.665. The number of hydrogen-bond donors (Lipinski definition) is 3. The number of urea groups is 1. The molecule has 1 heterocycles. The summed E-state index contributed by atoms with van der Waals surface area (Å²) in [7, 11) is 0. The van der Waals surface area contributed by atoms with Gasteiger partial charge in [-0.05, 0) is 37.1 Å². The zero-order valence-electron chi connectivity index (χ0n) is 10.5. The third-order valence-corrected chi connectivity index (χ3v) is 3.25. The number of carbonyl (C=O) groups excluding carboxylic acids is 2. The smallest absolute Gasteiger partial charge is 0.316 e. The van der Waals surface area contributed by atoms with Crippen LogP contribution in [-0.2, 0) is 0 Å². The SMILES string of the molecule is NC(=O)Nc1ccc(C(=O)N2CCCC2CO)cc1. The highest BCUT2D eigenvalue weighted by Crippen LogP contribution is 2.20. The molecule has 0 spiro atoms. The van der Waals surface area contributed by atoms with Crippen molar-refractivity contribution in [2.24, 2.45) is 5.73 Å². The highest BCUT2D eigenvalue weighted by Gasteiger charge is 2.28. The van der Waals surface area contributed by atoms with E-state index in [1.165, 1.54) is 0 Å². The Hall–Kier alpha value is -2.08. The quantitative estimate of drug-likeness (QED) is 0.751. The maximum Gasteiger partial charge on any atom is 0.316 e. The Kier molecular flexibility index (Phi) is 4.01. The molecule has 1 aliphatic rings. The minimum absolute atomic E-state index is 0.00689. The number of nitrogens with two attached hydrogens (primary N) is 1. The van der Waals surface area contributed by atoms with Gasteiger partial charge >= 0.3 is 6.03 Å². The summed E-state index contributed by atoms with van der Waals surface area (Å²) in [5.41, 5.74) is 6.09. The molecular weight excluding hydrogens is 246 g/mol. The van der Waals surface area contributed by atoms with Gasteiger partial charge in [-0.25, -0.2) is 4.79 Å². The molecular formula is C13H17N3O3. The van der Waals surface area contributed by atoms with Gasteiger partial charge in [-0.1, -0.05) is 0 Å². The zero-order valence-corrected chi connectivity index (χ0v) is 10.5. The summed E-state index contributed by atoms with van der Waals surface area (Å²) in [5.74, 6) is -0.0952. The van der Waals surface area contributed by atoms with Gasteiger partial charge in [0.25, 0.3) is 5.91 Å². The lowest BCUT2D eigenvalue weighted by molar-refractivity contribution is 0.0677. The predicted molar refractivity (Wildman–Crippen MR) is 70.8 cm³/mol. The number of nitrogens with zero attached hydrogens (tertiary/aromatic N) is 1. The Morgan fingerprint density at radius 3 is 2.63 bits per heavy atom. The van der Waals surface area contributed by atoms with E-state index in [0.29, 0.717) is 17.8 Å². The van der Waals surface area contributed by atoms with Gasteiger partial charge < -0.3 is 21.1 Å². The van der Waals surface area contributed by atoms with Crippen LogP contribution in [0.4, 0.5) is 10.5 Å². The number of primary amides is 1. The molecule has 0 aromatic heterocycles. The molecule has 0 aliphatic carbocycles. The fourth-order valence-corrected chi connectivity index (χ4v) is 2.30. The van der Waals surface area contributed by atoms with Crippen LogP contribution >= 0.6 is 0 Å². The molecule has 3 amide bonds. The molecule has 102 valence electrons. The average molecular weight is 263 g/mol. The highest BCUT2D eigenvalue weighted by molar-refractivity contribution is 5.95. The van der Waals surface area contributed by atoms with Crippen LogP contribution in [0, 0.1) is 0 Å². The van der Waals surface area contributed by atoms with Crippen molar-refractivity contribution in [2.75, 3.05) is 18.5 Å². The number of likely N-dealkylation sites (tertiary alicyclic amines) is 1. The molecule has 4 N–H and O–H groups in total. The molecule has 1 aromatic carbocycles. The van der Waals surface area contributed by atoms with Gasteiger partial charge in [0, 0.05) is 17.8 Å². The first-order chi connectivity index (χ1) is 9.11. The fraction of sp³-hybridized carbons (Fsp3) is 0.385. The molecule has 6 heteroatoms. The van der Waals surface area contributed by atoms with Crippen molar-refractivity contribution in [2.45, 2.75) is 18.9 Å². The van der Waals surface area contributed by atoms with Gasteiger partial charge in [-0.3, -0.25) is 4.79 Å². The minimum Gasteiger partial charge on any atom is -0.394 e. The summed E-state index contributed by atoms with van der Waals surface area (Å²) < 4.78 is 0. The number of amides is 3. The van der Waals surface area contributed by atoms with Crippen molar-refractivity contribution >= 4 is 17.6 Å². The van der Waals surface area contributed by atoms with E-state index in [0.717, 1.165) is 12.8 Å². The molecule has 0 bridgehead atoms. The number of rotatable bonds is 3. The van der Waals surface area contributed by atoms with Gasteiger partial charge in [-0.15, -0.1) is 0 Å². The first kappa shape index (κ1) is 13.4. The lowest BCUT2D eigenvalue weighted by Gasteiger charge is -2.23. The molecule has 19 heavy (non-hydrogen) atoms. The molecule has 0 radical (unpaired) electrons. The van der Waals surface area contributed by atoms with Crippen LogP contribution in [0.2, 0.25) is 0 Å². The van der Waals surface area contributed by atoms with Crippen LogP contribution in [0.3, 0.4) is 0 Å². The van der Waals surface area contributed by atoms with Crippen molar-refractivity contribution in [3.8, 4) is 0 Å². The topological polar surface area (TPSA) is 95.7 Å². The number of nitrogens with one attached hydrogen (secondary N) is 1. The Morgan fingerprint density at radius 2 is 2.05 bits per heavy atom. The summed E-state index contributed by atoms with van der Waals surface area (Å²) in [5, 5.41) is 11.7. The molecule has 1 aliphatic heterocycles. The maximum absolute atomic E-state index is 12.3. The van der Waals surface area contributed by atoms with E-state index in [1.54, 1.807) is 29.2 Å². The van der Waals surface area contributed by atoms with E-state index in [4.69, 9.17) is 5.73 Å². The van der Waals surface area contributed by atoms with E-state index < -0.39 is 6.03 Å². The number of anilines is 1. The standard InChI is InChI=1S/C13H17N3O3/c14-13(19)15-10-5-3-9(4-6-10)12(18)16-7-1-2-11(16)8-17/h3-6,11,17H,1-2,7-8H2,(H3,14,15,19). The molecule has 1 atom stereocenters. The number of benzene rings is 1. The summed E-state index contributed by atoms with van der Waals surface area (Å²) in [6, 6.07) is 5.81. The molecule has 1 aromatic rings. The zero-order chi connectivity index (χ0) is 13.8. The van der Waals surface area contributed by atoms with Gasteiger partial charge in [0.2, 0.25) is 0 Å². The van der Waals surface area contributed by atoms with E-state index in [-0.39, 0.29) is 18.6 Å². The second-order valence-corrected chi connectivity index (χ2v) is 4.54. The van der Waals surface area contributed by atoms with Crippen LogP contribution < -0.4 is 11.1 Å². The second-order valence-electron chi connectivity index (χ2n) is 4.54. The minimum atomic E-state index is -0.640. The van der Waals surface area contributed by atoms with Crippen LogP contribution in [0.25, 0.3) is 0 Å². The second kappa shape index (κ2) is 5.71.